The molecule has 1 aromatic heterocycles. The second-order valence-corrected chi connectivity index (χ2v) is 10.3. The van der Waals surface area contributed by atoms with E-state index in [1.54, 1.807) is 42.5 Å². The molecule has 0 bridgehead atoms. The minimum Gasteiger partial charge on any atom is -0.268 e. The Kier molecular flexibility index (Phi) is 6.38. The van der Waals surface area contributed by atoms with E-state index in [1.165, 1.54) is 35.0 Å². The first-order valence-corrected chi connectivity index (χ1v) is 12.4. The molecule has 0 aliphatic rings. The lowest BCUT2D eigenvalue weighted by Crippen LogP contribution is -2.24. The van der Waals surface area contributed by atoms with Gasteiger partial charge in [-0.15, -0.1) is 0 Å². The molecule has 3 aromatic carbocycles. The van der Waals surface area contributed by atoms with E-state index in [2.05, 4.69) is 5.10 Å². The topological polar surface area (TPSA) is 69.0 Å². The van der Waals surface area contributed by atoms with Gasteiger partial charge >= 0.3 is 0 Å². The molecule has 0 radical (unpaired) electrons. The number of nitrogens with zero attached hydrogens (tertiary/aromatic N) is 2. The molecule has 0 amide bonds. The molecule has 1 heterocycles. The number of sulfone groups is 1. The molecule has 0 unspecified atom stereocenters. The Morgan fingerprint density at radius 3 is 2.15 bits per heavy atom. The number of halogens is 3. The average Bonchev–Trinajstić information content (AvgIpc) is 2.77. The normalized spacial score (nSPS) is 11.5. The quantitative estimate of drug-likeness (QED) is 0.362. The number of hydrogen-bond donors (Lipinski definition) is 0. The van der Waals surface area contributed by atoms with Gasteiger partial charge in [0.1, 0.15) is 5.82 Å². The van der Waals surface area contributed by atoms with E-state index in [1.807, 2.05) is 0 Å². The van der Waals surface area contributed by atoms with E-state index in [0.717, 1.165) is 6.26 Å². The van der Waals surface area contributed by atoms with Crippen molar-refractivity contribution in [3.05, 3.63) is 105 Å². The van der Waals surface area contributed by atoms with Crippen LogP contribution in [0.2, 0.25) is 10.0 Å². The van der Waals surface area contributed by atoms with Gasteiger partial charge in [0.05, 0.1) is 17.1 Å². The molecule has 0 spiro atoms. The van der Waals surface area contributed by atoms with Gasteiger partial charge in [0.15, 0.2) is 9.84 Å². The molecule has 0 saturated heterocycles. The summed E-state index contributed by atoms with van der Waals surface area (Å²) in [6, 6.07) is 18.3. The van der Waals surface area contributed by atoms with E-state index < -0.39 is 15.7 Å². The zero-order valence-electron chi connectivity index (χ0n) is 17.3. The summed E-state index contributed by atoms with van der Waals surface area (Å²) in [5, 5.41) is 5.44. The van der Waals surface area contributed by atoms with Crippen LogP contribution in [-0.4, -0.2) is 24.5 Å². The van der Waals surface area contributed by atoms with Crippen LogP contribution in [0.15, 0.2) is 82.5 Å². The summed E-state index contributed by atoms with van der Waals surface area (Å²) >= 11 is 12.2. The van der Waals surface area contributed by atoms with Gasteiger partial charge in [-0.3, -0.25) is 4.79 Å². The summed E-state index contributed by atoms with van der Waals surface area (Å²) in [5.74, 6) is -0.406. The molecule has 4 aromatic rings. The lowest BCUT2D eigenvalue weighted by molar-refractivity contribution is 0.602. The second kappa shape index (κ2) is 9.09. The van der Waals surface area contributed by atoms with Gasteiger partial charge in [-0.1, -0.05) is 53.5 Å². The molecular weight excluding hydrogens is 486 g/mol. The average molecular weight is 503 g/mol. The van der Waals surface area contributed by atoms with Crippen LogP contribution in [-0.2, 0) is 16.4 Å². The minimum absolute atomic E-state index is 0.104. The highest BCUT2D eigenvalue weighted by molar-refractivity contribution is 7.90. The van der Waals surface area contributed by atoms with Crippen molar-refractivity contribution in [2.45, 2.75) is 11.4 Å². The van der Waals surface area contributed by atoms with Gasteiger partial charge in [0.2, 0.25) is 0 Å². The minimum atomic E-state index is -3.38. The molecule has 4 rings (SSSR count). The van der Waals surface area contributed by atoms with Gasteiger partial charge in [-0.2, -0.15) is 5.10 Å². The van der Waals surface area contributed by atoms with Crippen molar-refractivity contribution in [3.63, 3.8) is 0 Å². The van der Waals surface area contributed by atoms with Crippen molar-refractivity contribution in [2.75, 3.05) is 6.26 Å². The number of aromatic nitrogens is 2. The lowest BCUT2D eigenvalue weighted by Gasteiger charge is -2.14. The highest BCUT2D eigenvalue weighted by atomic mass is 35.5. The van der Waals surface area contributed by atoms with E-state index >= 15 is 0 Å². The Morgan fingerprint density at radius 1 is 0.909 bits per heavy atom. The van der Waals surface area contributed by atoms with Crippen LogP contribution in [0.3, 0.4) is 0 Å². The Labute approximate surface area is 200 Å². The van der Waals surface area contributed by atoms with Crippen LogP contribution in [0, 0.1) is 5.82 Å². The maximum atomic E-state index is 13.5. The highest BCUT2D eigenvalue weighted by Gasteiger charge is 2.16. The van der Waals surface area contributed by atoms with Gasteiger partial charge in [-0.25, -0.2) is 17.5 Å². The Balaban J connectivity index is 1.88. The Morgan fingerprint density at radius 2 is 1.55 bits per heavy atom. The molecule has 0 atom stereocenters. The third-order valence-corrected chi connectivity index (χ3v) is 6.76. The molecule has 168 valence electrons. The zero-order valence-corrected chi connectivity index (χ0v) is 19.6. The Hall–Kier alpha value is -3.00. The van der Waals surface area contributed by atoms with E-state index in [9.17, 15) is 17.6 Å². The molecule has 0 N–H and O–H groups in total. The zero-order chi connectivity index (χ0) is 23.8. The van der Waals surface area contributed by atoms with Crippen LogP contribution in [0.1, 0.15) is 5.56 Å². The first kappa shape index (κ1) is 23.2. The van der Waals surface area contributed by atoms with Gasteiger partial charge in [0.25, 0.3) is 5.56 Å². The summed E-state index contributed by atoms with van der Waals surface area (Å²) in [6.45, 7) is 0.104. The van der Waals surface area contributed by atoms with Crippen molar-refractivity contribution < 1.29 is 12.8 Å². The van der Waals surface area contributed by atoms with Crippen molar-refractivity contribution in [3.8, 4) is 22.4 Å². The summed E-state index contributed by atoms with van der Waals surface area (Å²) in [7, 11) is -3.38. The van der Waals surface area contributed by atoms with Crippen molar-refractivity contribution in [1.82, 2.24) is 9.78 Å². The fourth-order valence-corrected chi connectivity index (χ4v) is 4.44. The van der Waals surface area contributed by atoms with Gasteiger partial charge in [0, 0.05) is 33.5 Å². The maximum absolute atomic E-state index is 13.5. The van der Waals surface area contributed by atoms with Crippen LogP contribution >= 0.6 is 23.2 Å². The summed E-state index contributed by atoms with van der Waals surface area (Å²) in [5.41, 5.74) is 2.40. The van der Waals surface area contributed by atoms with Crippen LogP contribution in [0.4, 0.5) is 4.39 Å². The molecule has 33 heavy (non-hydrogen) atoms. The molecule has 0 aliphatic carbocycles. The third kappa shape index (κ3) is 5.16. The Bertz CT molecular complexity index is 1500. The number of hydrogen-bond acceptors (Lipinski definition) is 4. The van der Waals surface area contributed by atoms with Crippen LogP contribution in [0.5, 0.6) is 0 Å². The molecule has 0 aliphatic heterocycles. The van der Waals surface area contributed by atoms with E-state index in [-0.39, 0.29) is 17.0 Å². The fraction of sp³-hybridized carbons (Fsp3) is 0.0833. The van der Waals surface area contributed by atoms with Crippen molar-refractivity contribution in [2.24, 2.45) is 0 Å². The maximum Gasteiger partial charge on any atom is 0.267 e. The third-order valence-electron chi connectivity index (χ3n) is 5.04. The fourth-order valence-electron chi connectivity index (χ4n) is 3.34. The molecule has 9 heteroatoms. The van der Waals surface area contributed by atoms with E-state index in [4.69, 9.17) is 23.2 Å². The van der Waals surface area contributed by atoms with Gasteiger partial charge in [-0.05, 0) is 47.5 Å². The standard InChI is InChI=1S/C24H17Cl2FN2O3S/c1-33(31,32)20-10-5-16(6-11-20)24-21(15-3-8-19(27)9-4-15)13-23(30)29(28-24)14-17-2-7-18(25)12-22(17)26/h2-13H,14H2,1H3. The lowest BCUT2D eigenvalue weighted by atomic mass is 10.00. The van der Waals surface area contributed by atoms with Crippen molar-refractivity contribution in [1.29, 1.82) is 0 Å². The van der Waals surface area contributed by atoms with Crippen molar-refractivity contribution >= 4 is 33.0 Å². The van der Waals surface area contributed by atoms with E-state index in [0.29, 0.717) is 38.0 Å². The molecule has 5 nitrogen and oxygen atoms in total. The van der Waals surface area contributed by atoms with Crippen LogP contribution in [0.25, 0.3) is 22.4 Å². The summed E-state index contributed by atoms with van der Waals surface area (Å²) < 4.78 is 38.4. The predicted molar refractivity (Wildman–Crippen MR) is 128 cm³/mol. The highest BCUT2D eigenvalue weighted by Crippen LogP contribution is 2.30. The number of benzene rings is 3. The predicted octanol–water partition coefficient (Wildman–Crippen LogP) is 5.48. The number of rotatable bonds is 5. The molecular formula is C24H17Cl2FN2O3S. The van der Waals surface area contributed by atoms with Crippen LogP contribution < -0.4 is 5.56 Å². The first-order chi connectivity index (χ1) is 15.6. The monoisotopic (exact) mass is 502 g/mol. The smallest absolute Gasteiger partial charge is 0.267 e. The second-order valence-electron chi connectivity index (χ2n) is 7.44. The first-order valence-electron chi connectivity index (χ1n) is 9.74. The molecule has 0 saturated carbocycles. The SMILES string of the molecule is CS(=O)(=O)c1ccc(-c2nn(Cc3ccc(Cl)cc3Cl)c(=O)cc2-c2ccc(F)cc2)cc1. The molecule has 0 fully saturated rings. The largest absolute Gasteiger partial charge is 0.268 e. The summed E-state index contributed by atoms with van der Waals surface area (Å²) in [4.78, 5) is 13.1. The van der Waals surface area contributed by atoms with Gasteiger partial charge < -0.3 is 0 Å². The summed E-state index contributed by atoms with van der Waals surface area (Å²) in [6.07, 6.45) is 1.13.